The van der Waals surface area contributed by atoms with Gasteiger partial charge in [-0.15, -0.1) is 0 Å². The second kappa shape index (κ2) is 9.48. The minimum Gasteiger partial charge on any atom is -0.507 e. The highest BCUT2D eigenvalue weighted by molar-refractivity contribution is 6.46. The number of Topliss-reactive ketones (excluding diaryl/α,β-unsaturated/α-hetero) is 1. The van der Waals surface area contributed by atoms with E-state index in [4.69, 9.17) is 21.1 Å². The lowest BCUT2D eigenvalue weighted by atomic mass is 9.93. The summed E-state index contributed by atoms with van der Waals surface area (Å²) >= 11 is 6.32. The van der Waals surface area contributed by atoms with Gasteiger partial charge in [-0.3, -0.25) is 9.59 Å². The van der Waals surface area contributed by atoms with E-state index in [9.17, 15) is 14.7 Å². The van der Waals surface area contributed by atoms with Crippen molar-refractivity contribution in [2.24, 2.45) is 0 Å². The molecule has 1 amide bonds. The highest BCUT2D eigenvalue weighted by Crippen LogP contribution is 2.45. The number of hydrogen-bond donors (Lipinski definition) is 1. The molecule has 2 aliphatic rings. The molecule has 1 aliphatic carbocycles. The van der Waals surface area contributed by atoms with Crippen LogP contribution >= 0.6 is 11.6 Å². The van der Waals surface area contributed by atoms with Crippen LogP contribution in [0.3, 0.4) is 0 Å². The van der Waals surface area contributed by atoms with Crippen LogP contribution < -0.4 is 9.47 Å². The topological polar surface area (TPSA) is 76.1 Å². The maximum atomic E-state index is 13.3. The minimum atomic E-state index is -0.696. The zero-order valence-electron chi connectivity index (χ0n) is 19.1. The molecule has 1 aliphatic heterocycles. The van der Waals surface area contributed by atoms with Gasteiger partial charge in [-0.1, -0.05) is 55.6 Å². The molecule has 4 rings (SSSR count). The number of carbonyl (C=O) groups excluding carboxylic acids is 2. The molecule has 6 nitrogen and oxygen atoms in total. The second-order valence-corrected chi connectivity index (χ2v) is 8.83. The van der Waals surface area contributed by atoms with Crippen LogP contribution in [0.15, 0.2) is 42.0 Å². The molecule has 2 aromatic carbocycles. The minimum absolute atomic E-state index is 0.0380. The third-order valence-corrected chi connectivity index (χ3v) is 6.93. The van der Waals surface area contributed by atoms with Crippen LogP contribution in [0, 0.1) is 0 Å². The average molecular weight is 470 g/mol. The number of carbonyl (C=O) groups is 2. The highest BCUT2D eigenvalue weighted by atomic mass is 35.5. The molecule has 1 N–H and O–H groups in total. The predicted molar refractivity (Wildman–Crippen MR) is 127 cm³/mol. The lowest BCUT2D eigenvalue weighted by Gasteiger charge is -2.31. The highest BCUT2D eigenvalue weighted by Gasteiger charge is 2.49. The van der Waals surface area contributed by atoms with E-state index < -0.39 is 17.7 Å². The van der Waals surface area contributed by atoms with E-state index in [1.165, 1.54) is 20.3 Å². The standard InChI is InChI=1S/C26H28ClNO5/c1-4-15-9-11-16(12-10-15)23-22(25(30)26(31)28(23)17-7-5-6-8-17)24(29)18-13-19(27)21(33-3)14-20(18)32-2/h9-14,17,23,29H,4-8H2,1-3H3/b24-22+. The molecule has 1 heterocycles. The van der Waals surface area contributed by atoms with Gasteiger partial charge in [-0.2, -0.15) is 0 Å². The third kappa shape index (κ3) is 4.08. The number of benzene rings is 2. The fraction of sp³-hybridized carbons (Fsp3) is 0.385. The number of aliphatic hydroxyl groups excluding tert-OH is 1. The smallest absolute Gasteiger partial charge is 0.295 e. The van der Waals surface area contributed by atoms with Gasteiger partial charge in [-0.25, -0.2) is 0 Å². The molecule has 0 aromatic heterocycles. The Hall–Kier alpha value is -2.99. The van der Waals surface area contributed by atoms with Gasteiger partial charge in [0.1, 0.15) is 17.3 Å². The molecule has 2 aromatic rings. The van der Waals surface area contributed by atoms with E-state index in [2.05, 4.69) is 6.92 Å². The summed E-state index contributed by atoms with van der Waals surface area (Å²) in [6.45, 7) is 2.07. The van der Waals surface area contributed by atoms with Gasteiger partial charge < -0.3 is 19.5 Å². The average Bonchev–Trinajstić information content (AvgIpc) is 3.45. The van der Waals surface area contributed by atoms with Gasteiger partial charge in [0.25, 0.3) is 11.7 Å². The van der Waals surface area contributed by atoms with Crippen molar-refractivity contribution in [3.05, 3.63) is 63.7 Å². The second-order valence-electron chi connectivity index (χ2n) is 8.43. The Morgan fingerprint density at radius 3 is 2.27 bits per heavy atom. The summed E-state index contributed by atoms with van der Waals surface area (Å²) in [5.74, 6) is -0.909. The predicted octanol–water partition coefficient (Wildman–Crippen LogP) is 5.28. The summed E-state index contributed by atoms with van der Waals surface area (Å²) in [7, 11) is 2.94. The van der Waals surface area contributed by atoms with Crippen LogP contribution in [0.25, 0.3) is 5.76 Å². The Morgan fingerprint density at radius 1 is 1.06 bits per heavy atom. The maximum absolute atomic E-state index is 13.3. The van der Waals surface area contributed by atoms with Gasteiger partial charge in [0.05, 0.1) is 36.4 Å². The summed E-state index contributed by atoms with van der Waals surface area (Å²) in [6.07, 6.45) is 4.58. The number of aryl methyl sites for hydroxylation is 1. The fourth-order valence-electron chi connectivity index (χ4n) is 4.86. The van der Waals surface area contributed by atoms with Crippen molar-refractivity contribution in [2.45, 2.75) is 51.1 Å². The van der Waals surface area contributed by atoms with Crippen LogP contribution in [-0.2, 0) is 16.0 Å². The number of rotatable bonds is 6. The number of likely N-dealkylation sites (tertiary alicyclic amines) is 1. The zero-order valence-corrected chi connectivity index (χ0v) is 19.8. The van der Waals surface area contributed by atoms with Crippen LogP contribution in [0.1, 0.15) is 55.3 Å². The van der Waals surface area contributed by atoms with Crippen LogP contribution in [-0.4, -0.2) is 42.0 Å². The Kier molecular flexibility index (Phi) is 6.66. The van der Waals surface area contributed by atoms with Gasteiger partial charge in [0, 0.05) is 12.1 Å². The van der Waals surface area contributed by atoms with Crippen molar-refractivity contribution in [1.29, 1.82) is 0 Å². The number of halogens is 1. The molecule has 0 radical (unpaired) electrons. The van der Waals surface area contributed by atoms with Crippen molar-refractivity contribution in [1.82, 2.24) is 4.90 Å². The molecular weight excluding hydrogens is 442 g/mol. The van der Waals surface area contributed by atoms with E-state index in [1.807, 2.05) is 24.3 Å². The largest absolute Gasteiger partial charge is 0.507 e. The molecule has 1 unspecified atom stereocenters. The molecule has 0 spiro atoms. The molecule has 1 saturated carbocycles. The lowest BCUT2D eigenvalue weighted by Crippen LogP contribution is -2.37. The Bertz CT molecular complexity index is 1100. The van der Waals surface area contributed by atoms with Crippen LogP contribution in [0.2, 0.25) is 5.02 Å². The molecule has 7 heteroatoms. The number of ether oxygens (including phenoxy) is 2. The van der Waals surface area contributed by atoms with Gasteiger partial charge >= 0.3 is 0 Å². The Morgan fingerprint density at radius 2 is 1.70 bits per heavy atom. The van der Waals surface area contributed by atoms with Gasteiger partial charge in [-0.05, 0) is 36.5 Å². The van der Waals surface area contributed by atoms with Crippen LogP contribution in [0.5, 0.6) is 11.5 Å². The van der Waals surface area contributed by atoms with Gasteiger partial charge in [0.2, 0.25) is 0 Å². The molecule has 1 atom stereocenters. The Balaban J connectivity index is 1.92. The molecule has 174 valence electrons. The normalized spacial score (nSPS) is 20.5. The van der Waals surface area contributed by atoms with E-state index in [-0.39, 0.29) is 28.0 Å². The van der Waals surface area contributed by atoms with E-state index in [0.29, 0.717) is 11.5 Å². The zero-order chi connectivity index (χ0) is 23.7. The summed E-state index contributed by atoms with van der Waals surface area (Å²) in [5, 5.41) is 11.7. The quantitative estimate of drug-likeness (QED) is 0.353. The SMILES string of the molecule is CCc1ccc(C2/C(=C(\O)c3cc(Cl)c(OC)cc3OC)C(=O)C(=O)N2C2CCCC2)cc1. The summed E-state index contributed by atoms with van der Waals surface area (Å²) < 4.78 is 10.7. The lowest BCUT2D eigenvalue weighted by molar-refractivity contribution is -0.141. The van der Waals surface area contributed by atoms with Gasteiger partial charge in [0.15, 0.2) is 0 Å². The maximum Gasteiger partial charge on any atom is 0.295 e. The van der Waals surface area contributed by atoms with Crippen molar-refractivity contribution < 1.29 is 24.2 Å². The first-order chi connectivity index (χ1) is 15.9. The molecule has 2 fully saturated rings. The number of amides is 1. The number of ketones is 1. The summed E-state index contributed by atoms with van der Waals surface area (Å²) in [6, 6.07) is 10.2. The number of nitrogens with zero attached hydrogens (tertiary/aromatic N) is 1. The fourth-order valence-corrected chi connectivity index (χ4v) is 5.10. The van der Waals surface area contributed by atoms with Crippen molar-refractivity contribution in [3.63, 3.8) is 0 Å². The van der Waals surface area contributed by atoms with Crippen molar-refractivity contribution >= 4 is 29.1 Å². The van der Waals surface area contributed by atoms with E-state index >= 15 is 0 Å². The van der Waals surface area contributed by atoms with E-state index in [1.54, 1.807) is 11.0 Å². The molecule has 1 saturated heterocycles. The van der Waals surface area contributed by atoms with Crippen molar-refractivity contribution in [2.75, 3.05) is 14.2 Å². The summed E-state index contributed by atoms with van der Waals surface area (Å²) in [4.78, 5) is 28.2. The molecular formula is C26H28ClNO5. The first-order valence-electron chi connectivity index (χ1n) is 11.2. The van der Waals surface area contributed by atoms with E-state index in [0.717, 1.165) is 43.2 Å². The third-order valence-electron chi connectivity index (χ3n) is 6.63. The number of methoxy groups -OCH3 is 2. The monoisotopic (exact) mass is 469 g/mol. The van der Waals surface area contributed by atoms with Crippen LogP contribution in [0.4, 0.5) is 0 Å². The number of aliphatic hydroxyl groups is 1. The number of hydrogen-bond acceptors (Lipinski definition) is 5. The van der Waals surface area contributed by atoms with Crippen molar-refractivity contribution in [3.8, 4) is 11.5 Å². The first kappa shape index (κ1) is 23.2. The summed E-state index contributed by atoms with van der Waals surface area (Å²) in [5.41, 5.74) is 2.23. The molecule has 33 heavy (non-hydrogen) atoms. The first-order valence-corrected chi connectivity index (χ1v) is 11.6. The molecule has 0 bridgehead atoms. The Labute approximate surface area is 198 Å².